The Balaban J connectivity index is 1.94. The Labute approximate surface area is 137 Å². The van der Waals surface area contributed by atoms with E-state index >= 15 is 0 Å². The Morgan fingerprint density at radius 2 is 2.04 bits per heavy atom. The van der Waals surface area contributed by atoms with E-state index in [-0.39, 0.29) is 12.0 Å². The van der Waals surface area contributed by atoms with Crippen LogP contribution in [0.1, 0.15) is 50.6 Å². The smallest absolute Gasteiger partial charge is 0.308 e. The van der Waals surface area contributed by atoms with E-state index < -0.39 is 17.9 Å². The van der Waals surface area contributed by atoms with E-state index in [2.05, 4.69) is 5.32 Å². The fourth-order valence-electron chi connectivity index (χ4n) is 2.87. The van der Waals surface area contributed by atoms with Crippen molar-refractivity contribution in [2.45, 2.75) is 51.2 Å². The van der Waals surface area contributed by atoms with E-state index in [4.69, 9.17) is 4.74 Å². The van der Waals surface area contributed by atoms with Gasteiger partial charge in [-0.15, -0.1) is 0 Å². The number of amides is 1. The number of carbonyl (C=O) groups is 2. The lowest BCUT2D eigenvalue weighted by atomic mass is 9.94. The summed E-state index contributed by atoms with van der Waals surface area (Å²) in [6, 6.07) is 8.73. The van der Waals surface area contributed by atoms with Gasteiger partial charge in [0, 0.05) is 13.0 Å². The topological polar surface area (TPSA) is 75.6 Å². The molecule has 1 aliphatic heterocycles. The number of hydrogen-bond acceptors (Lipinski definition) is 3. The molecule has 1 saturated heterocycles. The second-order valence-electron chi connectivity index (χ2n) is 6.11. The van der Waals surface area contributed by atoms with Gasteiger partial charge in [0.1, 0.15) is 0 Å². The van der Waals surface area contributed by atoms with Crippen molar-refractivity contribution in [1.82, 2.24) is 5.32 Å². The molecule has 1 aliphatic rings. The van der Waals surface area contributed by atoms with Crippen LogP contribution in [0.2, 0.25) is 0 Å². The molecule has 0 aliphatic carbocycles. The Morgan fingerprint density at radius 1 is 1.30 bits per heavy atom. The van der Waals surface area contributed by atoms with Crippen molar-refractivity contribution in [3.63, 3.8) is 0 Å². The number of carbonyl (C=O) groups excluding carboxylic acids is 1. The van der Waals surface area contributed by atoms with Gasteiger partial charge >= 0.3 is 5.97 Å². The molecule has 0 aromatic heterocycles. The number of aliphatic carboxylic acids is 1. The quantitative estimate of drug-likeness (QED) is 0.810. The van der Waals surface area contributed by atoms with Crippen LogP contribution in [0.15, 0.2) is 30.3 Å². The third-order valence-electron chi connectivity index (χ3n) is 4.33. The fraction of sp³-hybridized carbons (Fsp3) is 0.556. The molecule has 2 N–H and O–H groups in total. The van der Waals surface area contributed by atoms with E-state index in [0.29, 0.717) is 12.8 Å². The zero-order valence-corrected chi connectivity index (χ0v) is 13.5. The van der Waals surface area contributed by atoms with Crippen molar-refractivity contribution in [2.24, 2.45) is 5.92 Å². The fourth-order valence-corrected chi connectivity index (χ4v) is 2.87. The van der Waals surface area contributed by atoms with Crippen LogP contribution in [0.25, 0.3) is 0 Å². The third kappa shape index (κ3) is 5.36. The summed E-state index contributed by atoms with van der Waals surface area (Å²) in [5.74, 6) is -1.73. The molecule has 3 atom stereocenters. The SMILES string of the molecule is CC(C(=O)O)C(NC(=O)CCC1CCCCO1)c1ccccc1. The van der Waals surface area contributed by atoms with Crippen LogP contribution in [0.4, 0.5) is 0 Å². The second kappa shape index (κ2) is 8.67. The number of benzene rings is 1. The minimum atomic E-state index is -0.922. The lowest BCUT2D eigenvalue weighted by Gasteiger charge is -2.25. The van der Waals surface area contributed by atoms with Crippen molar-refractivity contribution in [3.05, 3.63) is 35.9 Å². The summed E-state index contributed by atoms with van der Waals surface area (Å²) in [4.78, 5) is 23.6. The summed E-state index contributed by atoms with van der Waals surface area (Å²) in [7, 11) is 0. The molecule has 126 valence electrons. The highest BCUT2D eigenvalue weighted by atomic mass is 16.5. The van der Waals surface area contributed by atoms with Crippen LogP contribution in [-0.2, 0) is 14.3 Å². The predicted octanol–water partition coefficient (Wildman–Crippen LogP) is 2.91. The van der Waals surface area contributed by atoms with E-state index in [1.165, 1.54) is 0 Å². The van der Waals surface area contributed by atoms with Gasteiger partial charge in [0.15, 0.2) is 0 Å². The van der Waals surface area contributed by atoms with Crippen LogP contribution >= 0.6 is 0 Å². The summed E-state index contributed by atoms with van der Waals surface area (Å²) in [6.45, 7) is 2.39. The van der Waals surface area contributed by atoms with E-state index in [1.807, 2.05) is 30.3 Å². The summed E-state index contributed by atoms with van der Waals surface area (Å²) >= 11 is 0. The molecule has 1 aromatic rings. The first-order valence-corrected chi connectivity index (χ1v) is 8.26. The van der Waals surface area contributed by atoms with Gasteiger partial charge in [-0.3, -0.25) is 9.59 Å². The molecule has 5 nitrogen and oxygen atoms in total. The molecule has 1 fully saturated rings. The third-order valence-corrected chi connectivity index (χ3v) is 4.33. The Hall–Kier alpha value is -1.88. The highest BCUT2D eigenvalue weighted by Gasteiger charge is 2.27. The molecule has 0 radical (unpaired) electrons. The monoisotopic (exact) mass is 319 g/mol. The largest absolute Gasteiger partial charge is 0.481 e. The van der Waals surface area contributed by atoms with Gasteiger partial charge in [0.05, 0.1) is 18.1 Å². The van der Waals surface area contributed by atoms with Crippen LogP contribution < -0.4 is 5.32 Å². The van der Waals surface area contributed by atoms with Crippen molar-refractivity contribution in [3.8, 4) is 0 Å². The lowest BCUT2D eigenvalue weighted by molar-refractivity contribution is -0.142. The number of carboxylic acid groups (broad SMARTS) is 1. The Bertz CT molecular complexity index is 511. The van der Waals surface area contributed by atoms with Gasteiger partial charge in [-0.25, -0.2) is 0 Å². The van der Waals surface area contributed by atoms with E-state index in [0.717, 1.165) is 31.4 Å². The zero-order valence-electron chi connectivity index (χ0n) is 13.5. The van der Waals surface area contributed by atoms with Crippen molar-refractivity contribution >= 4 is 11.9 Å². The zero-order chi connectivity index (χ0) is 16.7. The molecular formula is C18H25NO4. The molecule has 0 spiro atoms. The summed E-state index contributed by atoms with van der Waals surface area (Å²) in [6.07, 6.45) is 4.45. The van der Waals surface area contributed by atoms with Gasteiger partial charge in [0.25, 0.3) is 0 Å². The molecular weight excluding hydrogens is 294 g/mol. The molecule has 2 rings (SSSR count). The highest BCUT2D eigenvalue weighted by Crippen LogP contribution is 2.23. The molecule has 1 aromatic carbocycles. The number of carboxylic acids is 1. The van der Waals surface area contributed by atoms with Crippen LogP contribution in [0.5, 0.6) is 0 Å². The van der Waals surface area contributed by atoms with E-state index in [1.54, 1.807) is 6.92 Å². The van der Waals surface area contributed by atoms with Gasteiger partial charge in [-0.05, 0) is 38.2 Å². The van der Waals surface area contributed by atoms with E-state index in [9.17, 15) is 14.7 Å². The molecule has 0 saturated carbocycles. The number of ether oxygens (including phenoxy) is 1. The maximum atomic E-state index is 12.2. The van der Waals surface area contributed by atoms with Gasteiger partial charge in [-0.1, -0.05) is 30.3 Å². The minimum Gasteiger partial charge on any atom is -0.481 e. The van der Waals surface area contributed by atoms with Crippen LogP contribution in [0.3, 0.4) is 0 Å². The summed E-state index contributed by atoms with van der Waals surface area (Å²) in [5, 5.41) is 12.2. The number of nitrogens with one attached hydrogen (secondary N) is 1. The van der Waals surface area contributed by atoms with Crippen LogP contribution in [-0.4, -0.2) is 29.7 Å². The molecule has 0 bridgehead atoms. The average Bonchev–Trinajstić information content (AvgIpc) is 2.59. The molecule has 5 heteroatoms. The highest BCUT2D eigenvalue weighted by molar-refractivity contribution is 5.78. The van der Waals surface area contributed by atoms with Gasteiger partial charge < -0.3 is 15.2 Å². The predicted molar refractivity (Wildman–Crippen MR) is 87.0 cm³/mol. The molecule has 1 amide bonds. The first kappa shape index (κ1) is 17.5. The van der Waals surface area contributed by atoms with Gasteiger partial charge in [-0.2, -0.15) is 0 Å². The van der Waals surface area contributed by atoms with Crippen LogP contribution in [0, 0.1) is 5.92 Å². The average molecular weight is 319 g/mol. The minimum absolute atomic E-state index is 0.124. The maximum Gasteiger partial charge on any atom is 0.308 e. The first-order chi connectivity index (χ1) is 11.1. The Morgan fingerprint density at radius 3 is 2.65 bits per heavy atom. The molecule has 1 heterocycles. The summed E-state index contributed by atoms with van der Waals surface area (Å²) < 4.78 is 5.63. The number of rotatable bonds is 7. The van der Waals surface area contributed by atoms with Gasteiger partial charge in [0.2, 0.25) is 5.91 Å². The lowest BCUT2D eigenvalue weighted by Crippen LogP contribution is -2.36. The maximum absolute atomic E-state index is 12.2. The number of hydrogen-bond donors (Lipinski definition) is 2. The Kier molecular flexibility index (Phi) is 6.59. The normalized spacial score (nSPS) is 20.5. The molecule has 3 unspecified atom stereocenters. The van der Waals surface area contributed by atoms with Crippen molar-refractivity contribution in [1.29, 1.82) is 0 Å². The second-order valence-corrected chi connectivity index (χ2v) is 6.11. The standard InChI is InChI=1S/C18H25NO4/c1-13(18(21)22)17(14-7-3-2-4-8-14)19-16(20)11-10-15-9-5-6-12-23-15/h2-4,7-8,13,15,17H,5-6,9-12H2,1H3,(H,19,20)(H,21,22). The molecule has 23 heavy (non-hydrogen) atoms. The first-order valence-electron chi connectivity index (χ1n) is 8.26. The van der Waals surface area contributed by atoms with Crippen molar-refractivity contribution in [2.75, 3.05) is 6.61 Å². The van der Waals surface area contributed by atoms with Crippen molar-refractivity contribution < 1.29 is 19.4 Å². The summed E-state index contributed by atoms with van der Waals surface area (Å²) in [5.41, 5.74) is 0.810.